The number of hydrogen-bond donors (Lipinski definition) is 2. The first-order valence-electron chi connectivity index (χ1n) is 4.64. The maximum absolute atomic E-state index is 11.9. The Morgan fingerprint density at radius 3 is 2.33 bits per heavy atom. The van der Waals surface area contributed by atoms with Crippen molar-refractivity contribution >= 4 is 28.7 Å². The molecule has 5 nitrogen and oxygen atoms in total. The molecule has 1 rings (SSSR count). The average molecular weight is 279 g/mol. The van der Waals surface area contributed by atoms with Crippen molar-refractivity contribution in [2.45, 2.75) is 6.18 Å². The molecule has 0 aromatic heterocycles. The molecule has 98 valence electrons. The summed E-state index contributed by atoms with van der Waals surface area (Å²) in [6, 6.07) is 5.13. The predicted octanol–water partition coefficient (Wildman–Crippen LogP) is 2.44. The molecular weight excluding hydrogens is 271 g/mol. The van der Waals surface area contributed by atoms with Crippen LogP contribution in [0.5, 0.6) is 0 Å². The molecule has 1 aromatic carbocycles. The molecule has 2 N–H and O–H groups in total. The molecule has 0 unspecified atom stereocenters. The Hall–Kier alpha value is -1.90. The van der Waals surface area contributed by atoms with Gasteiger partial charge in [-0.1, -0.05) is 0 Å². The minimum Gasteiger partial charge on any atom is -0.353 e. The van der Waals surface area contributed by atoms with Crippen molar-refractivity contribution in [3.05, 3.63) is 34.4 Å². The fourth-order valence-electron chi connectivity index (χ4n) is 1.02. The molecule has 1 aromatic rings. The van der Waals surface area contributed by atoms with E-state index in [1.807, 2.05) is 5.32 Å². The van der Waals surface area contributed by atoms with Gasteiger partial charge in [-0.05, 0) is 24.4 Å². The Kier molecular flexibility index (Phi) is 4.43. The van der Waals surface area contributed by atoms with Crippen molar-refractivity contribution in [1.82, 2.24) is 5.32 Å². The topological polar surface area (TPSA) is 67.2 Å². The number of nitro groups is 1. The van der Waals surface area contributed by atoms with Crippen molar-refractivity contribution in [1.29, 1.82) is 0 Å². The molecule has 0 radical (unpaired) electrons. The fourth-order valence-corrected chi connectivity index (χ4v) is 1.21. The number of halogens is 3. The maximum atomic E-state index is 11.9. The second-order valence-electron chi connectivity index (χ2n) is 3.23. The summed E-state index contributed by atoms with van der Waals surface area (Å²) in [4.78, 5) is 9.79. The highest BCUT2D eigenvalue weighted by atomic mass is 32.1. The third kappa shape index (κ3) is 4.95. The van der Waals surface area contributed by atoms with Gasteiger partial charge in [-0.3, -0.25) is 10.1 Å². The van der Waals surface area contributed by atoms with E-state index in [1.54, 1.807) is 0 Å². The fraction of sp³-hybridized carbons (Fsp3) is 0.222. The molecule has 9 heteroatoms. The highest BCUT2D eigenvalue weighted by Crippen LogP contribution is 2.15. The number of nitrogens with one attached hydrogen (secondary N) is 2. The number of hydrogen-bond acceptors (Lipinski definition) is 3. The van der Waals surface area contributed by atoms with E-state index in [4.69, 9.17) is 0 Å². The maximum Gasteiger partial charge on any atom is 0.405 e. The van der Waals surface area contributed by atoms with Gasteiger partial charge in [-0.25, -0.2) is 0 Å². The van der Waals surface area contributed by atoms with Crippen molar-refractivity contribution in [2.24, 2.45) is 0 Å². The Labute approximate surface area is 105 Å². The molecule has 0 aliphatic rings. The van der Waals surface area contributed by atoms with E-state index in [0.29, 0.717) is 5.69 Å². The summed E-state index contributed by atoms with van der Waals surface area (Å²) in [5, 5.41) is 14.6. The van der Waals surface area contributed by atoms with Gasteiger partial charge in [0.1, 0.15) is 6.54 Å². The highest BCUT2D eigenvalue weighted by molar-refractivity contribution is 7.80. The van der Waals surface area contributed by atoms with Gasteiger partial charge in [0.15, 0.2) is 5.11 Å². The van der Waals surface area contributed by atoms with E-state index in [2.05, 4.69) is 17.5 Å². The summed E-state index contributed by atoms with van der Waals surface area (Å²) in [7, 11) is 0. The van der Waals surface area contributed by atoms with Crippen LogP contribution >= 0.6 is 12.2 Å². The Morgan fingerprint density at radius 2 is 1.89 bits per heavy atom. The standard InChI is InChI=1S/C9H8F3N3O2S/c10-9(11,12)5-13-8(18)14-6-1-3-7(4-2-6)15(16)17/h1-4H,5H2,(H2,13,14,18). The number of rotatable bonds is 3. The van der Waals surface area contributed by atoms with Gasteiger partial charge in [0.2, 0.25) is 0 Å². The normalized spacial score (nSPS) is 10.8. The van der Waals surface area contributed by atoms with Crippen LogP contribution in [0.25, 0.3) is 0 Å². The molecule has 0 atom stereocenters. The Bertz CT molecular complexity index is 447. The van der Waals surface area contributed by atoms with E-state index in [1.165, 1.54) is 24.3 Å². The molecule has 0 aliphatic heterocycles. The van der Waals surface area contributed by atoms with Gasteiger partial charge in [0.25, 0.3) is 5.69 Å². The summed E-state index contributed by atoms with van der Waals surface area (Å²) in [5.74, 6) is 0. The smallest absolute Gasteiger partial charge is 0.353 e. The zero-order chi connectivity index (χ0) is 13.8. The molecule has 0 bridgehead atoms. The summed E-state index contributed by atoms with van der Waals surface area (Å²) >= 11 is 4.63. The van der Waals surface area contributed by atoms with Crippen LogP contribution in [0.1, 0.15) is 0 Å². The van der Waals surface area contributed by atoms with Crippen molar-refractivity contribution in [3.8, 4) is 0 Å². The van der Waals surface area contributed by atoms with Crippen LogP contribution < -0.4 is 10.6 Å². The lowest BCUT2D eigenvalue weighted by molar-refractivity contribution is -0.384. The number of anilines is 1. The van der Waals surface area contributed by atoms with E-state index >= 15 is 0 Å². The Morgan fingerprint density at radius 1 is 1.33 bits per heavy atom. The molecular formula is C9H8F3N3O2S. The minimum absolute atomic E-state index is 0.116. The summed E-state index contributed by atoms with van der Waals surface area (Å²) in [6.45, 7) is -1.24. The first-order chi connectivity index (χ1) is 8.28. The first kappa shape index (κ1) is 14.2. The van der Waals surface area contributed by atoms with E-state index in [9.17, 15) is 23.3 Å². The number of alkyl halides is 3. The van der Waals surface area contributed by atoms with Crippen LogP contribution in [-0.2, 0) is 0 Å². The Balaban J connectivity index is 2.52. The molecule has 0 fully saturated rings. The van der Waals surface area contributed by atoms with Gasteiger partial charge in [0.05, 0.1) is 4.92 Å². The van der Waals surface area contributed by atoms with Crippen molar-refractivity contribution in [3.63, 3.8) is 0 Å². The van der Waals surface area contributed by atoms with Gasteiger partial charge < -0.3 is 10.6 Å². The van der Waals surface area contributed by atoms with Crippen LogP contribution in [-0.4, -0.2) is 22.8 Å². The molecule has 0 saturated carbocycles. The monoisotopic (exact) mass is 279 g/mol. The van der Waals surface area contributed by atoms with Gasteiger partial charge in [-0.2, -0.15) is 13.2 Å². The summed E-state index contributed by atoms with van der Waals surface area (Å²) < 4.78 is 35.6. The lowest BCUT2D eigenvalue weighted by atomic mass is 10.3. The second-order valence-corrected chi connectivity index (χ2v) is 3.64. The quantitative estimate of drug-likeness (QED) is 0.505. The first-order valence-corrected chi connectivity index (χ1v) is 5.05. The average Bonchev–Trinajstić information content (AvgIpc) is 2.26. The van der Waals surface area contributed by atoms with Crippen LogP contribution in [0.4, 0.5) is 24.5 Å². The van der Waals surface area contributed by atoms with Crippen LogP contribution in [0.2, 0.25) is 0 Å². The van der Waals surface area contributed by atoms with E-state index in [-0.39, 0.29) is 10.8 Å². The predicted molar refractivity (Wildman–Crippen MR) is 63.4 cm³/mol. The third-order valence-corrected chi connectivity index (χ3v) is 2.03. The molecule has 0 heterocycles. The minimum atomic E-state index is -4.36. The second kappa shape index (κ2) is 5.63. The molecule has 0 saturated heterocycles. The van der Waals surface area contributed by atoms with Crippen molar-refractivity contribution in [2.75, 3.05) is 11.9 Å². The largest absolute Gasteiger partial charge is 0.405 e. The zero-order valence-electron chi connectivity index (χ0n) is 8.82. The summed E-state index contributed by atoms with van der Waals surface area (Å²) in [6.07, 6.45) is -4.36. The molecule has 0 aliphatic carbocycles. The number of non-ortho nitro benzene ring substituents is 1. The van der Waals surface area contributed by atoms with Gasteiger partial charge >= 0.3 is 6.18 Å². The number of benzene rings is 1. The number of nitro benzene ring substituents is 1. The number of nitrogens with zero attached hydrogens (tertiary/aromatic N) is 1. The van der Waals surface area contributed by atoms with E-state index in [0.717, 1.165) is 0 Å². The SMILES string of the molecule is O=[N+]([O-])c1ccc(NC(=S)NCC(F)(F)F)cc1. The van der Waals surface area contributed by atoms with Crippen LogP contribution in [0, 0.1) is 10.1 Å². The van der Waals surface area contributed by atoms with Crippen LogP contribution in [0.15, 0.2) is 24.3 Å². The van der Waals surface area contributed by atoms with Crippen LogP contribution in [0.3, 0.4) is 0 Å². The van der Waals surface area contributed by atoms with Gasteiger partial charge in [0, 0.05) is 17.8 Å². The zero-order valence-corrected chi connectivity index (χ0v) is 9.64. The number of thiocarbonyl (C=S) groups is 1. The lowest BCUT2D eigenvalue weighted by Crippen LogP contribution is -2.36. The highest BCUT2D eigenvalue weighted by Gasteiger charge is 2.26. The van der Waals surface area contributed by atoms with E-state index < -0.39 is 17.6 Å². The van der Waals surface area contributed by atoms with Gasteiger partial charge in [-0.15, -0.1) is 0 Å². The molecule has 18 heavy (non-hydrogen) atoms. The van der Waals surface area contributed by atoms with Crippen molar-refractivity contribution < 1.29 is 18.1 Å². The molecule has 0 spiro atoms. The lowest BCUT2D eigenvalue weighted by Gasteiger charge is -2.12. The third-order valence-electron chi connectivity index (χ3n) is 1.79. The molecule has 0 amide bonds. The summed E-state index contributed by atoms with van der Waals surface area (Å²) in [5.41, 5.74) is 0.245.